The zero-order valence-corrected chi connectivity index (χ0v) is 13.5. The number of quaternary nitrogens is 1. The molecule has 0 bridgehead atoms. The lowest BCUT2D eigenvalue weighted by Gasteiger charge is -2.10. The molecule has 0 aliphatic heterocycles. The molecule has 0 fully saturated rings. The van der Waals surface area contributed by atoms with Crippen LogP contribution in [0.3, 0.4) is 0 Å². The molecule has 1 rings (SSSR count). The Bertz CT molecular complexity index is 584. The van der Waals surface area contributed by atoms with Crippen molar-refractivity contribution in [3.63, 3.8) is 0 Å². The van der Waals surface area contributed by atoms with Gasteiger partial charge >= 0.3 is 5.97 Å². The first-order valence-electron chi connectivity index (χ1n) is 7.07. The molecule has 118 valence electrons. The Kier molecular flexibility index (Phi) is 7.05. The number of para-hydroxylation sites is 1. The summed E-state index contributed by atoms with van der Waals surface area (Å²) in [7, 11) is 1.34. The highest BCUT2D eigenvalue weighted by Crippen LogP contribution is 2.18. The van der Waals surface area contributed by atoms with Crippen molar-refractivity contribution < 1.29 is 19.6 Å². The van der Waals surface area contributed by atoms with Gasteiger partial charge in [-0.3, -0.25) is 4.79 Å². The number of amides is 1. The first-order valence-corrected chi connectivity index (χ1v) is 7.07. The number of carbonyl (C=O) groups is 2. The summed E-state index contributed by atoms with van der Waals surface area (Å²) in [4.78, 5) is 23.1. The van der Waals surface area contributed by atoms with Crippen LogP contribution >= 0.6 is 0 Å². The first-order chi connectivity index (χ1) is 10.5. The van der Waals surface area contributed by atoms with Crippen LogP contribution in [0.25, 0.3) is 0 Å². The van der Waals surface area contributed by atoms with Gasteiger partial charge in [0, 0.05) is 11.3 Å². The number of nitrogens with two attached hydrogens (primary N) is 1. The minimum atomic E-state index is -0.363. The summed E-state index contributed by atoms with van der Waals surface area (Å²) >= 11 is 0. The second-order valence-electron chi connectivity index (χ2n) is 4.98. The highest BCUT2D eigenvalue weighted by molar-refractivity contribution is 5.93. The summed E-state index contributed by atoms with van der Waals surface area (Å²) < 4.78 is 4.58. The van der Waals surface area contributed by atoms with E-state index in [1.165, 1.54) is 7.11 Å². The number of ether oxygens (including phenoxy) is 1. The molecule has 1 aromatic rings. The number of nitrogens with one attached hydrogen (secondary N) is 1. The Morgan fingerprint density at radius 2 is 1.91 bits per heavy atom. The number of rotatable bonds is 6. The number of carbonyl (C=O) groups excluding carboxylic acids is 2. The number of methoxy groups -OCH3 is 1. The summed E-state index contributed by atoms with van der Waals surface area (Å²) in [6, 6.07) is 5.89. The van der Waals surface area contributed by atoms with Crippen LogP contribution in [0.4, 0.5) is 5.69 Å². The molecule has 1 amide bonds. The average molecular weight is 303 g/mol. The quantitative estimate of drug-likeness (QED) is 0.474. The Morgan fingerprint density at radius 1 is 1.27 bits per heavy atom. The Hall–Kier alpha value is -2.40. The molecule has 0 atom stereocenters. The van der Waals surface area contributed by atoms with Crippen molar-refractivity contribution in [1.29, 1.82) is 0 Å². The fraction of sp³-hybridized carbons (Fsp3) is 0.294. The monoisotopic (exact) mass is 303 g/mol. The number of allylic oxidation sites excluding steroid dienone is 2. The lowest BCUT2D eigenvalue weighted by atomic mass is 10.1. The van der Waals surface area contributed by atoms with E-state index in [1.54, 1.807) is 30.6 Å². The fourth-order valence-electron chi connectivity index (χ4n) is 1.88. The zero-order valence-electron chi connectivity index (χ0n) is 13.5. The molecule has 0 aliphatic carbocycles. The smallest absolute Gasteiger partial charge is 0.333 e. The molecular weight excluding hydrogens is 280 g/mol. The van der Waals surface area contributed by atoms with Crippen molar-refractivity contribution in [2.24, 2.45) is 0 Å². The van der Waals surface area contributed by atoms with Crippen LogP contribution in [0.2, 0.25) is 0 Å². The molecule has 3 N–H and O–H groups in total. The largest absolute Gasteiger partial charge is 0.466 e. The van der Waals surface area contributed by atoms with Gasteiger partial charge in [0.2, 0.25) is 0 Å². The summed E-state index contributed by atoms with van der Waals surface area (Å²) in [5.74, 6) is -0.437. The maximum absolute atomic E-state index is 11.9. The number of esters is 1. The SMILES string of the molecule is COC(=O)/C(C)=C/C=C\[NH2+]CC(=O)Nc1c(C)cccc1C. The van der Waals surface area contributed by atoms with Crippen molar-refractivity contribution in [2.45, 2.75) is 20.8 Å². The van der Waals surface area contributed by atoms with E-state index in [1.807, 2.05) is 32.0 Å². The van der Waals surface area contributed by atoms with Gasteiger partial charge in [-0.2, -0.15) is 0 Å². The molecule has 22 heavy (non-hydrogen) atoms. The maximum Gasteiger partial charge on any atom is 0.333 e. The van der Waals surface area contributed by atoms with Gasteiger partial charge in [0.05, 0.1) is 13.3 Å². The van der Waals surface area contributed by atoms with Gasteiger partial charge in [0.15, 0.2) is 6.54 Å². The zero-order chi connectivity index (χ0) is 16.5. The van der Waals surface area contributed by atoms with Crippen molar-refractivity contribution in [2.75, 3.05) is 19.0 Å². The van der Waals surface area contributed by atoms with Crippen LogP contribution < -0.4 is 10.6 Å². The van der Waals surface area contributed by atoms with Crippen LogP contribution in [-0.2, 0) is 14.3 Å². The molecule has 5 nitrogen and oxygen atoms in total. The molecular formula is C17H23N2O3+. The highest BCUT2D eigenvalue weighted by Gasteiger charge is 2.07. The standard InChI is InChI=1S/C17H22N2O3/c1-12-7-5-8-13(2)16(12)19-15(20)11-18-10-6-9-14(3)17(21)22-4/h5-10,18H,11H2,1-4H3,(H,19,20)/p+1/b10-6-,14-9+. The highest BCUT2D eigenvalue weighted by atomic mass is 16.5. The molecule has 0 saturated carbocycles. The molecule has 0 spiro atoms. The molecule has 0 heterocycles. The number of hydrogen-bond donors (Lipinski definition) is 2. The molecule has 0 radical (unpaired) electrons. The van der Waals surface area contributed by atoms with E-state index in [2.05, 4.69) is 10.1 Å². The van der Waals surface area contributed by atoms with Crippen molar-refractivity contribution in [3.05, 3.63) is 53.3 Å². The van der Waals surface area contributed by atoms with Gasteiger partial charge in [-0.1, -0.05) is 18.2 Å². The van der Waals surface area contributed by atoms with E-state index < -0.39 is 0 Å². The minimum Gasteiger partial charge on any atom is -0.466 e. The van der Waals surface area contributed by atoms with Crippen LogP contribution in [0.15, 0.2) is 42.1 Å². The molecule has 1 aromatic carbocycles. The van der Waals surface area contributed by atoms with Gasteiger partial charge in [-0.25, -0.2) is 4.79 Å². The lowest BCUT2D eigenvalue weighted by Crippen LogP contribution is -2.80. The van der Waals surface area contributed by atoms with Crippen LogP contribution in [0, 0.1) is 13.8 Å². The van der Waals surface area contributed by atoms with Crippen LogP contribution in [0.1, 0.15) is 18.1 Å². The first kappa shape index (κ1) is 17.7. The number of hydrogen-bond acceptors (Lipinski definition) is 3. The second-order valence-corrected chi connectivity index (χ2v) is 4.98. The molecule has 0 aromatic heterocycles. The van der Waals surface area contributed by atoms with E-state index in [0.717, 1.165) is 16.8 Å². The summed E-state index contributed by atoms with van der Waals surface area (Å²) in [5.41, 5.74) is 3.46. The summed E-state index contributed by atoms with van der Waals surface area (Å²) in [5, 5.41) is 4.65. The third kappa shape index (κ3) is 5.54. The van der Waals surface area contributed by atoms with E-state index in [9.17, 15) is 9.59 Å². The van der Waals surface area contributed by atoms with E-state index >= 15 is 0 Å². The number of aryl methyl sites for hydroxylation is 2. The normalized spacial score (nSPS) is 11.5. The number of benzene rings is 1. The van der Waals surface area contributed by atoms with Crippen LogP contribution in [0.5, 0.6) is 0 Å². The van der Waals surface area contributed by atoms with E-state index in [0.29, 0.717) is 5.57 Å². The third-order valence-electron chi connectivity index (χ3n) is 3.15. The predicted octanol–water partition coefficient (Wildman–Crippen LogP) is 1.44. The predicted molar refractivity (Wildman–Crippen MR) is 86.3 cm³/mol. The topological polar surface area (TPSA) is 72.0 Å². The third-order valence-corrected chi connectivity index (χ3v) is 3.15. The van der Waals surface area contributed by atoms with Gasteiger partial charge in [-0.15, -0.1) is 0 Å². The molecule has 0 unspecified atom stereocenters. The second kappa shape index (κ2) is 8.79. The lowest BCUT2D eigenvalue weighted by molar-refractivity contribution is -0.575. The van der Waals surface area contributed by atoms with Crippen molar-refractivity contribution in [1.82, 2.24) is 0 Å². The van der Waals surface area contributed by atoms with Gasteiger partial charge in [0.1, 0.15) is 0 Å². The Morgan fingerprint density at radius 3 is 2.50 bits per heavy atom. The minimum absolute atomic E-state index is 0.0734. The van der Waals surface area contributed by atoms with Gasteiger partial charge < -0.3 is 15.4 Å². The van der Waals surface area contributed by atoms with Gasteiger partial charge in [0.25, 0.3) is 5.91 Å². The summed E-state index contributed by atoms with van der Waals surface area (Å²) in [6.45, 7) is 5.87. The summed E-state index contributed by atoms with van der Waals surface area (Å²) in [6.07, 6.45) is 5.08. The van der Waals surface area contributed by atoms with Crippen molar-refractivity contribution in [3.8, 4) is 0 Å². The molecule has 5 heteroatoms. The van der Waals surface area contributed by atoms with Gasteiger partial charge in [-0.05, 0) is 44.1 Å². The fourth-order valence-corrected chi connectivity index (χ4v) is 1.88. The van der Waals surface area contributed by atoms with Crippen molar-refractivity contribution >= 4 is 17.6 Å². The van der Waals surface area contributed by atoms with E-state index in [4.69, 9.17) is 0 Å². The maximum atomic E-state index is 11.9. The average Bonchev–Trinajstić information content (AvgIpc) is 2.49. The van der Waals surface area contributed by atoms with E-state index in [-0.39, 0.29) is 18.4 Å². The Labute approximate surface area is 131 Å². The molecule has 0 saturated heterocycles. The molecule has 0 aliphatic rings. The number of anilines is 1. The van der Waals surface area contributed by atoms with Crippen LogP contribution in [-0.4, -0.2) is 25.5 Å². The Balaban J connectivity index is 2.46.